The second-order valence-electron chi connectivity index (χ2n) is 6.93. The van der Waals surface area contributed by atoms with Crippen LogP contribution >= 0.6 is 11.8 Å². The van der Waals surface area contributed by atoms with Gasteiger partial charge in [-0.05, 0) is 48.0 Å². The van der Waals surface area contributed by atoms with Crippen molar-refractivity contribution in [2.45, 2.75) is 24.3 Å². The Kier molecular flexibility index (Phi) is 6.81. The minimum Gasteiger partial charge on any atom is -0.492 e. The highest BCUT2D eigenvalue weighted by molar-refractivity contribution is 8.00. The van der Waals surface area contributed by atoms with E-state index in [0.717, 1.165) is 22.5 Å². The van der Waals surface area contributed by atoms with E-state index in [1.807, 2.05) is 92.7 Å². The minimum atomic E-state index is -0.428. The van der Waals surface area contributed by atoms with Crippen molar-refractivity contribution >= 4 is 23.4 Å². The lowest BCUT2D eigenvalue weighted by Crippen LogP contribution is -2.23. The number of ether oxygens (including phenoxy) is 1. The number of amides is 1. The van der Waals surface area contributed by atoms with Crippen molar-refractivity contribution in [3.05, 3.63) is 78.9 Å². The number of nitrogens with zero attached hydrogens (tertiary/aromatic N) is 4. The standard InChI is InChI=1S/C24H23N5O2S/c1-3-31-22-16-10-9-15-21(22)29-24(26-27-28-29)32-17(2)23(30)25-20-14-8-7-13-19(20)18-11-5-4-6-12-18/h4-17H,3H2,1-2H3,(H,25,30)/t17-/m0/s1. The van der Waals surface area contributed by atoms with Gasteiger partial charge in [0.2, 0.25) is 11.1 Å². The number of hydrogen-bond acceptors (Lipinski definition) is 6. The van der Waals surface area contributed by atoms with Gasteiger partial charge < -0.3 is 10.1 Å². The number of hydrogen-bond donors (Lipinski definition) is 1. The Bertz CT molecular complexity index is 1200. The Balaban J connectivity index is 1.52. The number of para-hydroxylation sites is 3. The van der Waals surface area contributed by atoms with Crippen molar-refractivity contribution in [1.29, 1.82) is 0 Å². The van der Waals surface area contributed by atoms with Gasteiger partial charge in [-0.3, -0.25) is 4.79 Å². The van der Waals surface area contributed by atoms with Crippen molar-refractivity contribution in [1.82, 2.24) is 20.2 Å². The van der Waals surface area contributed by atoms with E-state index in [2.05, 4.69) is 20.8 Å². The van der Waals surface area contributed by atoms with Crippen molar-refractivity contribution in [3.8, 4) is 22.6 Å². The molecule has 8 heteroatoms. The average Bonchev–Trinajstić information content (AvgIpc) is 3.28. The molecule has 32 heavy (non-hydrogen) atoms. The fraction of sp³-hybridized carbons (Fsp3) is 0.167. The molecule has 4 aromatic rings. The van der Waals surface area contributed by atoms with E-state index in [1.165, 1.54) is 11.8 Å². The summed E-state index contributed by atoms with van der Waals surface area (Å²) < 4.78 is 7.29. The Hall–Kier alpha value is -3.65. The number of tetrazole rings is 1. The molecule has 0 spiro atoms. The van der Waals surface area contributed by atoms with E-state index < -0.39 is 5.25 Å². The number of rotatable bonds is 8. The number of thioether (sulfide) groups is 1. The molecule has 0 aliphatic carbocycles. The maximum Gasteiger partial charge on any atom is 0.237 e. The predicted molar refractivity (Wildman–Crippen MR) is 126 cm³/mol. The number of anilines is 1. The first kappa shape index (κ1) is 21.6. The van der Waals surface area contributed by atoms with E-state index >= 15 is 0 Å². The summed E-state index contributed by atoms with van der Waals surface area (Å²) in [5, 5.41) is 15.2. The van der Waals surface area contributed by atoms with Crippen LogP contribution in [0.4, 0.5) is 5.69 Å². The van der Waals surface area contributed by atoms with Gasteiger partial charge >= 0.3 is 0 Å². The van der Waals surface area contributed by atoms with Gasteiger partial charge in [0, 0.05) is 11.3 Å². The molecule has 0 saturated heterocycles. The van der Waals surface area contributed by atoms with Crippen LogP contribution < -0.4 is 10.1 Å². The molecule has 1 atom stereocenters. The van der Waals surface area contributed by atoms with Gasteiger partial charge in [0.25, 0.3) is 0 Å². The highest BCUT2D eigenvalue weighted by Gasteiger charge is 2.21. The Labute approximate surface area is 190 Å². The first-order valence-corrected chi connectivity index (χ1v) is 11.2. The van der Waals surface area contributed by atoms with E-state index in [4.69, 9.17) is 4.74 Å². The number of carbonyl (C=O) groups excluding carboxylic acids is 1. The van der Waals surface area contributed by atoms with E-state index in [9.17, 15) is 4.79 Å². The monoisotopic (exact) mass is 445 g/mol. The fourth-order valence-corrected chi connectivity index (χ4v) is 4.02. The molecule has 0 aliphatic rings. The Morgan fingerprint density at radius 3 is 2.56 bits per heavy atom. The molecule has 0 bridgehead atoms. The Morgan fingerprint density at radius 2 is 1.75 bits per heavy atom. The summed E-state index contributed by atoms with van der Waals surface area (Å²) in [5.74, 6) is 0.545. The molecule has 0 saturated carbocycles. The lowest BCUT2D eigenvalue weighted by Gasteiger charge is -2.15. The molecule has 0 aliphatic heterocycles. The van der Waals surface area contributed by atoms with Gasteiger partial charge in [-0.2, -0.15) is 4.68 Å². The number of nitrogens with one attached hydrogen (secondary N) is 1. The second kappa shape index (κ2) is 10.1. The summed E-state index contributed by atoms with van der Waals surface area (Å²) in [5.41, 5.74) is 3.50. The molecule has 4 rings (SSSR count). The van der Waals surface area contributed by atoms with E-state index in [0.29, 0.717) is 17.5 Å². The van der Waals surface area contributed by atoms with Gasteiger partial charge in [-0.25, -0.2) is 0 Å². The van der Waals surface area contributed by atoms with Gasteiger partial charge in [-0.15, -0.1) is 5.10 Å². The zero-order chi connectivity index (χ0) is 22.3. The van der Waals surface area contributed by atoms with Crippen LogP contribution in [0.1, 0.15) is 13.8 Å². The summed E-state index contributed by atoms with van der Waals surface area (Å²) >= 11 is 1.29. The third-order valence-corrected chi connectivity index (χ3v) is 5.79. The molecule has 7 nitrogen and oxygen atoms in total. The molecule has 1 aromatic heterocycles. The molecule has 1 heterocycles. The largest absolute Gasteiger partial charge is 0.492 e. The third-order valence-electron chi connectivity index (χ3n) is 4.76. The van der Waals surface area contributed by atoms with Gasteiger partial charge in [0.1, 0.15) is 11.4 Å². The maximum atomic E-state index is 13.0. The zero-order valence-corrected chi connectivity index (χ0v) is 18.6. The predicted octanol–water partition coefficient (Wildman–Crippen LogP) is 4.85. The average molecular weight is 446 g/mol. The van der Waals surface area contributed by atoms with Gasteiger partial charge in [0.05, 0.1) is 11.9 Å². The maximum absolute atomic E-state index is 13.0. The highest BCUT2D eigenvalue weighted by Crippen LogP contribution is 2.30. The van der Waals surface area contributed by atoms with Crippen LogP contribution in [0.3, 0.4) is 0 Å². The summed E-state index contributed by atoms with van der Waals surface area (Å²) in [6, 6.07) is 25.3. The van der Waals surface area contributed by atoms with Crippen molar-refractivity contribution in [3.63, 3.8) is 0 Å². The molecule has 3 aromatic carbocycles. The topological polar surface area (TPSA) is 81.9 Å². The summed E-state index contributed by atoms with van der Waals surface area (Å²) in [4.78, 5) is 13.0. The normalized spacial score (nSPS) is 11.7. The zero-order valence-electron chi connectivity index (χ0n) is 17.8. The molecule has 0 fully saturated rings. The first-order chi connectivity index (χ1) is 15.7. The van der Waals surface area contributed by atoms with Crippen LogP contribution in [0.2, 0.25) is 0 Å². The van der Waals surface area contributed by atoms with Crippen LogP contribution in [0.15, 0.2) is 84.0 Å². The van der Waals surface area contributed by atoms with Crippen LogP contribution in [0.25, 0.3) is 16.8 Å². The SMILES string of the molecule is CCOc1ccccc1-n1nnnc1S[C@@H](C)C(=O)Nc1ccccc1-c1ccccc1. The van der Waals surface area contributed by atoms with Crippen molar-refractivity contribution in [2.75, 3.05) is 11.9 Å². The molecular formula is C24H23N5O2S. The second-order valence-corrected chi connectivity index (χ2v) is 8.24. The van der Waals surface area contributed by atoms with Crippen molar-refractivity contribution in [2.24, 2.45) is 0 Å². The summed E-state index contributed by atoms with van der Waals surface area (Å²) in [6.07, 6.45) is 0. The van der Waals surface area contributed by atoms with Gasteiger partial charge in [-0.1, -0.05) is 72.4 Å². The van der Waals surface area contributed by atoms with Gasteiger partial charge in [0.15, 0.2) is 0 Å². The van der Waals surface area contributed by atoms with Crippen LogP contribution in [-0.4, -0.2) is 38.0 Å². The molecule has 0 radical (unpaired) electrons. The third kappa shape index (κ3) is 4.81. The molecule has 1 N–H and O–H groups in total. The van der Waals surface area contributed by atoms with E-state index in [1.54, 1.807) is 4.68 Å². The quantitative estimate of drug-likeness (QED) is 0.391. The van der Waals surface area contributed by atoms with Crippen molar-refractivity contribution < 1.29 is 9.53 Å². The summed E-state index contributed by atoms with van der Waals surface area (Å²) in [7, 11) is 0. The smallest absolute Gasteiger partial charge is 0.237 e. The summed E-state index contributed by atoms with van der Waals surface area (Å²) in [6.45, 7) is 4.28. The van der Waals surface area contributed by atoms with Crippen LogP contribution in [0, 0.1) is 0 Å². The number of benzene rings is 3. The first-order valence-electron chi connectivity index (χ1n) is 10.3. The lowest BCUT2D eigenvalue weighted by atomic mass is 10.0. The Morgan fingerprint density at radius 1 is 1.03 bits per heavy atom. The minimum absolute atomic E-state index is 0.133. The van der Waals surface area contributed by atoms with Crippen LogP contribution in [-0.2, 0) is 4.79 Å². The van der Waals surface area contributed by atoms with Crippen LogP contribution in [0.5, 0.6) is 5.75 Å². The molecule has 0 unspecified atom stereocenters. The highest BCUT2D eigenvalue weighted by atomic mass is 32.2. The molecule has 162 valence electrons. The number of carbonyl (C=O) groups is 1. The number of aromatic nitrogens is 4. The lowest BCUT2D eigenvalue weighted by molar-refractivity contribution is -0.115. The molecular weight excluding hydrogens is 422 g/mol. The fourth-order valence-electron chi connectivity index (χ4n) is 3.22. The van der Waals surface area contributed by atoms with E-state index in [-0.39, 0.29) is 5.91 Å². The molecule has 1 amide bonds.